The van der Waals surface area contributed by atoms with Gasteiger partial charge in [0.25, 0.3) is 0 Å². The van der Waals surface area contributed by atoms with Gasteiger partial charge in [0.15, 0.2) is 5.41 Å². The molecule has 2 atom stereocenters. The standard InChI is InChI=1S/C22H23N5O/c1-3-27-10-9-15-17(11-23)21(26)22(13-24,14-25)20(18(15)12-27)16-7-5-6-8-19(16)28-4-2/h5-9,18,20H,3-4,10,12,26H2,1-2H3/t18-,20-/m0/s1. The van der Waals surface area contributed by atoms with E-state index in [0.29, 0.717) is 25.4 Å². The van der Waals surface area contributed by atoms with E-state index in [2.05, 4.69) is 30.0 Å². The van der Waals surface area contributed by atoms with Gasteiger partial charge in [-0.25, -0.2) is 0 Å². The topological polar surface area (TPSA) is 110 Å². The molecule has 0 saturated carbocycles. The minimum Gasteiger partial charge on any atom is -0.494 e. The molecule has 1 aliphatic heterocycles. The second-order valence-electron chi connectivity index (χ2n) is 7.00. The highest BCUT2D eigenvalue weighted by Crippen LogP contribution is 2.55. The second-order valence-corrected chi connectivity index (χ2v) is 7.00. The first-order chi connectivity index (χ1) is 13.6. The van der Waals surface area contributed by atoms with Crippen molar-refractivity contribution in [1.29, 1.82) is 15.8 Å². The number of nitriles is 3. The molecule has 1 aliphatic carbocycles. The molecule has 2 N–H and O–H groups in total. The van der Waals surface area contributed by atoms with E-state index in [9.17, 15) is 15.8 Å². The van der Waals surface area contributed by atoms with Crippen LogP contribution in [0.1, 0.15) is 25.3 Å². The molecule has 6 nitrogen and oxygen atoms in total. The largest absolute Gasteiger partial charge is 0.494 e. The molecule has 0 unspecified atom stereocenters. The van der Waals surface area contributed by atoms with Crippen molar-refractivity contribution in [3.63, 3.8) is 0 Å². The Morgan fingerprint density at radius 2 is 1.93 bits per heavy atom. The maximum Gasteiger partial charge on any atom is 0.191 e. The number of hydrogen-bond donors (Lipinski definition) is 1. The lowest BCUT2D eigenvalue weighted by molar-refractivity contribution is 0.211. The van der Waals surface area contributed by atoms with Crippen LogP contribution in [0.25, 0.3) is 0 Å². The predicted octanol–water partition coefficient (Wildman–Crippen LogP) is 2.83. The number of para-hydroxylation sites is 1. The van der Waals surface area contributed by atoms with Gasteiger partial charge >= 0.3 is 0 Å². The number of nitrogens with two attached hydrogens (primary N) is 1. The van der Waals surface area contributed by atoms with Crippen LogP contribution in [0.4, 0.5) is 0 Å². The summed E-state index contributed by atoms with van der Waals surface area (Å²) in [5.74, 6) is -0.0782. The molecule has 0 spiro atoms. The number of likely N-dealkylation sites (N-methyl/N-ethyl adjacent to an activating group) is 1. The molecule has 0 saturated heterocycles. The Bertz CT molecular complexity index is 942. The first-order valence-electron chi connectivity index (χ1n) is 9.45. The summed E-state index contributed by atoms with van der Waals surface area (Å²) >= 11 is 0. The van der Waals surface area contributed by atoms with Gasteiger partial charge in [-0.2, -0.15) is 15.8 Å². The van der Waals surface area contributed by atoms with Crippen LogP contribution in [0.3, 0.4) is 0 Å². The molecule has 0 amide bonds. The molecule has 6 heteroatoms. The highest BCUT2D eigenvalue weighted by Gasteiger charge is 2.55. The summed E-state index contributed by atoms with van der Waals surface area (Å²) in [5.41, 5.74) is 6.64. The Kier molecular flexibility index (Phi) is 5.41. The van der Waals surface area contributed by atoms with Crippen LogP contribution in [0.2, 0.25) is 0 Å². The maximum atomic E-state index is 10.1. The van der Waals surface area contributed by atoms with Gasteiger partial charge < -0.3 is 10.5 Å². The molecule has 0 fully saturated rings. The summed E-state index contributed by atoms with van der Waals surface area (Å²) in [6.45, 7) is 6.64. The number of ether oxygens (including phenoxy) is 1. The first kappa shape index (κ1) is 19.5. The van der Waals surface area contributed by atoms with Crippen LogP contribution in [0, 0.1) is 45.3 Å². The van der Waals surface area contributed by atoms with E-state index in [1.807, 2.05) is 37.3 Å². The van der Waals surface area contributed by atoms with E-state index in [0.717, 1.165) is 17.7 Å². The Morgan fingerprint density at radius 3 is 2.54 bits per heavy atom. The van der Waals surface area contributed by atoms with Crippen molar-refractivity contribution in [2.45, 2.75) is 19.8 Å². The van der Waals surface area contributed by atoms with Crippen molar-refractivity contribution >= 4 is 0 Å². The number of rotatable bonds is 4. The lowest BCUT2D eigenvalue weighted by Crippen LogP contribution is -2.48. The third-order valence-corrected chi connectivity index (χ3v) is 5.74. The molecule has 0 radical (unpaired) electrons. The van der Waals surface area contributed by atoms with Gasteiger partial charge in [-0.1, -0.05) is 31.2 Å². The van der Waals surface area contributed by atoms with Gasteiger partial charge in [-0.05, 0) is 25.1 Å². The lowest BCUT2D eigenvalue weighted by atomic mass is 9.58. The van der Waals surface area contributed by atoms with Crippen LogP contribution in [0.15, 0.2) is 47.2 Å². The third-order valence-electron chi connectivity index (χ3n) is 5.74. The van der Waals surface area contributed by atoms with Crippen molar-refractivity contribution in [3.8, 4) is 24.0 Å². The minimum atomic E-state index is -1.63. The SMILES string of the molecule is CCOc1ccccc1[C@H]1[C@H]2CN(CC)CC=C2C(C#N)=C(N)C1(C#N)C#N. The van der Waals surface area contributed by atoms with E-state index in [1.54, 1.807) is 0 Å². The van der Waals surface area contributed by atoms with Gasteiger partial charge in [0.2, 0.25) is 0 Å². The van der Waals surface area contributed by atoms with Gasteiger partial charge in [-0.3, -0.25) is 4.90 Å². The highest BCUT2D eigenvalue weighted by molar-refractivity contribution is 5.60. The van der Waals surface area contributed by atoms with E-state index < -0.39 is 11.3 Å². The van der Waals surface area contributed by atoms with Crippen molar-refractivity contribution in [1.82, 2.24) is 4.90 Å². The number of hydrogen-bond acceptors (Lipinski definition) is 6. The molecule has 28 heavy (non-hydrogen) atoms. The summed E-state index contributed by atoms with van der Waals surface area (Å²) in [6.07, 6.45) is 2.01. The zero-order chi connectivity index (χ0) is 20.3. The summed E-state index contributed by atoms with van der Waals surface area (Å²) in [7, 11) is 0. The van der Waals surface area contributed by atoms with Crippen LogP contribution < -0.4 is 10.5 Å². The summed E-state index contributed by atoms with van der Waals surface area (Å²) in [5, 5.41) is 30.0. The summed E-state index contributed by atoms with van der Waals surface area (Å²) in [6, 6.07) is 14.0. The zero-order valence-corrected chi connectivity index (χ0v) is 16.1. The molecule has 1 aromatic rings. The first-order valence-corrected chi connectivity index (χ1v) is 9.45. The van der Waals surface area contributed by atoms with Crippen molar-refractivity contribution < 1.29 is 4.74 Å². The van der Waals surface area contributed by atoms with Crippen LogP contribution in [-0.4, -0.2) is 31.1 Å². The molecular formula is C22H23N5O. The number of nitrogens with zero attached hydrogens (tertiary/aromatic N) is 4. The van der Waals surface area contributed by atoms with E-state index >= 15 is 0 Å². The number of fused-ring (bicyclic) bond motifs is 1. The van der Waals surface area contributed by atoms with Crippen molar-refractivity contribution in [2.24, 2.45) is 17.1 Å². The highest BCUT2D eigenvalue weighted by atomic mass is 16.5. The van der Waals surface area contributed by atoms with Crippen LogP contribution in [-0.2, 0) is 0 Å². The van der Waals surface area contributed by atoms with Gasteiger partial charge in [0, 0.05) is 30.5 Å². The molecule has 142 valence electrons. The second kappa shape index (κ2) is 7.77. The third kappa shape index (κ3) is 2.82. The number of benzene rings is 1. The zero-order valence-electron chi connectivity index (χ0n) is 16.1. The van der Waals surface area contributed by atoms with Crippen LogP contribution >= 0.6 is 0 Å². The quantitative estimate of drug-likeness (QED) is 0.869. The molecule has 0 aromatic heterocycles. The van der Waals surface area contributed by atoms with Gasteiger partial charge in [0.05, 0.1) is 30.0 Å². The number of allylic oxidation sites excluding steroid dienone is 2. The fourth-order valence-corrected chi connectivity index (χ4v) is 4.37. The minimum absolute atomic E-state index is 0.0451. The molecule has 1 heterocycles. The smallest absolute Gasteiger partial charge is 0.191 e. The van der Waals surface area contributed by atoms with E-state index in [4.69, 9.17) is 10.5 Å². The summed E-state index contributed by atoms with van der Waals surface area (Å²) in [4.78, 5) is 2.24. The predicted molar refractivity (Wildman–Crippen MR) is 105 cm³/mol. The molecular weight excluding hydrogens is 350 g/mol. The van der Waals surface area contributed by atoms with Crippen molar-refractivity contribution in [2.75, 3.05) is 26.2 Å². The normalized spacial score (nSPS) is 23.6. The molecule has 1 aromatic carbocycles. The average Bonchev–Trinajstić information content (AvgIpc) is 2.73. The molecule has 0 bridgehead atoms. The fraction of sp³-hybridized carbons (Fsp3) is 0.409. The van der Waals surface area contributed by atoms with E-state index in [1.165, 1.54) is 0 Å². The van der Waals surface area contributed by atoms with Crippen LogP contribution in [0.5, 0.6) is 5.75 Å². The lowest BCUT2D eigenvalue weighted by Gasteiger charge is -2.45. The molecule has 2 aliphatic rings. The van der Waals surface area contributed by atoms with Gasteiger partial charge in [-0.15, -0.1) is 0 Å². The fourth-order valence-electron chi connectivity index (χ4n) is 4.37. The monoisotopic (exact) mass is 373 g/mol. The summed E-state index contributed by atoms with van der Waals surface area (Å²) < 4.78 is 5.82. The van der Waals surface area contributed by atoms with Crippen molar-refractivity contribution in [3.05, 3.63) is 52.7 Å². The van der Waals surface area contributed by atoms with Gasteiger partial charge in [0.1, 0.15) is 11.8 Å². The average molecular weight is 373 g/mol. The maximum absolute atomic E-state index is 10.1. The Balaban J connectivity index is 2.33. The Morgan fingerprint density at radius 1 is 1.21 bits per heavy atom. The molecule has 3 rings (SSSR count). The Hall–Kier alpha value is -3.27. The Labute approximate surface area is 165 Å². The van der Waals surface area contributed by atoms with E-state index in [-0.39, 0.29) is 17.2 Å².